The molecular weight excluding hydrogens is 162 g/mol. The van der Waals surface area contributed by atoms with Gasteiger partial charge in [-0.05, 0) is 5.92 Å². The van der Waals surface area contributed by atoms with E-state index >= 15 is 0 Å². The number of Topliss-reactive ketones (excluding diaryl/α,β-unsaturated/α-hetero) is 1. The minimum atomic E-state index is -0.303. The van der Waals surface area contributed by atoms with Gasteiger partial charge in [0.15, 0.2) is 0 Å². The largest absolute Gasteiger partial charge is 0.329 e. The zero-order valence-corrected chi connectivity index (χ0v) is 8.81. The van der Waals surface area contributed by atoms with Crippen LogP contribution >= 0.6 is 0 Å². The summed E-state index contributed by atoms with van der Waals surface area (Å²) in [4.78, 5) is 11.8. The van der Waals surface area contributed by atoms with E-state index in [0.29, 0.717) is 18.2 Å². The van der Waals surface area contributed by atoms with E-state index in [2.05, 4.69) is 0 Å². The Balaban J connectivity index is 2.39. The second-order valence-electron chi connectivity index (χ2n) is 4.87. The number of nitrogens with two attached hydrogens (primary N) is 1. The molecule has 2 heteroatoms. The van der Waals surface area contributed by atoms with E-state index in [4.69, 9.17) is 5.73 Å². The lowest BCUT2D eigenvalue weighted by Crippen LogP contribution is -2.33. The van der Waals surface area contributed by atoms with Crippen LogP contribution in [0.15, 0.2) is 0 Å². The predicted molar refractivity (Wildman–Crippen MR) is 54.4 cm³/mol. The summed E-state index contributed by atoms with van der Waals surface area (Å²) < 4.78 is 0. The van der Waals surface area contributed by atoms with Crippen LogP contribution in [0.3, 0.4) is 0 Å². The van der Waals surface area contributed by atoms with Crippen LogP contribution in [-0.2, 0) is 4.79 Å². The van der Waals surface area contributed by atoms with Crippen molar-refractivity contribution in [1.82, 2.24) is 0 Å². The molecular formula is C11H21NO. The SMILES string of the molecule is CC(C)(CN)C(=O)CC1CCCC1. The van der Waals surface area contributed by atoms with Crippen molar-refractivity contribution in [1.29, 1.82) is 0 Å². The van der Waals surface area contributed by atoms with Gasteiger partial charge in [0.1, 0.15) is 5.78 Å². The maximum absolute atomic E-state index is 11.8. The van der Waals surface area contributed by atoms with Gasteiger partial charge in [-0.15, -0.1) is 0 Å². The Morgan fingerprint density at radius 2 is 1.92 bits per heavy atom. The fourth-order valence-electron chi connectivity index (χ4n) is 1.87. The highest BCUT2D eigenvalue weighted by Gasteiger charge is 2.28. The molecule has 2 N–H and O–H groups in total. The van der Waals surface area contributed by atoms with Crippen LogP contribution < -0.4 is 5.73 Å². The maximum Gasteiger partial charge on any atom is 0.140 e. The number of ketones is 1. The third kappa shape index (κ3) is 2.80. The van der Waals surface area contributed by atoms with Gasteiger partial charge in [-0.3, -0.25) is 4.79 Å². The van der Waals surface area contributed by atoms with Crippen LogP contribution in [0.2, 0.25) is 0 Å². The Morgan fingerprint density at radius 1 is 1.38 bits per heavy atom. The van der Waals surface area contributed by atoms with Crippen LogP contribution in [-0.4, -0.2) is 12.3 Å². The van der Waals surface area contributed by atoms with Crippen molar-refractivity contribution in [2.45, 2.75) is 46.0 Å². The quantitative estimate of drug-likeness (QED) is 0.725. The third-order valence-electron chi connectivity index (χ3n) is 3.21. The molecule has 76 valence electrons. The molecule has 1 rings (SSSR count). The molecule has 0 heterocycles. The highest BCUT2D eigenvalue weighted by molar-refractivity contribution is 5.84. The molecule has 1 aliphatic carbocycles. The number of rotatable bonds is 4. The normalized spacial score (nSPS) is 19.3. The Bertz CT molecular complexity index is 181. The lowest BCUT2D eigenvalue weighted by atomic mass is 9.83. The van der Waals surface area contributed by atoms with Crippen molar-refractivity contribution in [2.24, 2.45) is 17.1 Å². The molecule has 1 aliphatic rings. The van der Waals surface area contributed by atoms with Gasteiger partial charge in [0.05, 0.1) is 0 Å². The fourth-order valence-corrected chi connectivity index (χ4v) is 1.87. The second kappa shape index (κ2) is 4.23. The molecule has 2 nitrogen and oxygen atoms in total. The average molecular weight is 183 g/mol. The van der Waals surface area contributed by atoms with E-state index in [-0.39, 0.29) is 5.41 Å². The summed E-state index contributed by atoms with van der Waals surface area (Å²) >= 11 is 0. The Hall–Kier alpha value is -0.370. The molecule has 0 unspecified atom stereocenters. The minimum Gasteiger partial charge on any atom is -0.329 e. The Labute approximate surface area is 80.9 Å². The van der Waals surface area contributed by atoms with Gasteiger partial charge < -0.3 is 5.73 Å². The van der Waals surface area contributed by atoms with Crippen LogP contribution in [0.4, 0.5) is 0 Å². The number of carbonyl (C=O) groups is 1. The Morgan fingerprint density at radius 3 is 2.38 bits per heavy atom. The molecule has 0 aromatic rings. The van der Waals surface area contributed by atoms with Crippen molar-refractivity contribution < 1.29 is 4.79 Å². The first kappa shape index (κ1) is 10.7. The third-order valence-corrected chi connectivity index (χ3v) is 3.21. The molecule has 0 spiro atoms. The topological polar surface area (TPSA) is 43.1 Å². The molecule has 0 aliphatic heterocycles. The summed E-state index contributed by atoms with van der Waals surface area (Å²) in [6.07, 6.45) is 5.85. The Kier molecular flexibility index (Phi) is 3.48. The number of carbonyl (C=O) groups excluding carboxylic acids is 1. The molecule has 0 radical (unpaired) electrons. The van der Waals surface area contributed by atoms with Crippen LogP contribution in [0.25, 0.3) is 0 Å². The van der Waals surface area contributed by atoms with Gasteiger partial charge in [0, 0.05) is 18.4 Å². The van der Waals surface area contributed by atoms with Crippen molar-refractivity contribution in [3.05, 3.63) is 0 Å². The summed E-state index contributed by atoms with van der Waals surface area (Å²) in [5, 5.41) is 0. The molecule has 0 atom stereocenters. The predicted octanol–water partition coefficient (Wildman–Crippen LogP) is 2.12. The molecule has 0 saturated heterocycles. The standard InChI is InChI=1S/C11H21NO/c1-11(2,8-12)10(13)7-9-5-3-4-6-9/h9H,3-8,12H2,1-2H3. The highest BCUT2D eigenvalue weighted by Crippen LogP contribution is 2.30. The van der Waals surface area contributed by atoms with Gasteiger partial charge in [-0.25, -0.2) is 0 Å². The van der Waals surface area contributed by atoms with E-state index in [1.54, 1.807) is 0 Å². The van der Waals surface area contributed by atoms with Crippen LogP contribution in [0.5, 0.6) is 0 Å². The lowest BCUT2D eigenvalue weighted by molar-refractivity contribution is -0.127. The first-order chi connectivity index (χ1) is 6.06. The lowest BCUT2D eigenvalue weighted by Gasteiger charge is -2.22. The van der Waals surface area contributed by atoms with E-state index in [1.165, 1.54) is 25.7 Å². The minimum absolute atomic E-state index is 0.303. The molecule has 0 bridgehead atoms. The average Bonchev–Trinajstić information content (AvgIpc) is 2.57. The van der Waals surface area contributed by atoms with E-state index in [0.717, 1.165) is 6.42 Å². The maximum atomic E-state index is 11.8. The summed E-state index contributed by atoms with van der Waals surface area (Å²) in [5.74, 6) is 1.00. The molecule has 0 amide bonds. The van der Waals surface area contributed by atoms with E-state index < -0.39 is 0 Å². The first-order valence-electron chi connectivity index (χ1n) is 5.29. The smallest absolute Gasteiger partial charge is 0.140 e. The van der Waals surface area contributed by atoms with Crippen LogP contribution in [0, 0.1) is 11.3 Å². The molecule has 13 heavy (non-hydrogen) atoms. The van der Waals surface area contributed by atoms with Crippen molar-refractivity contribution in [2.75, 3.05) is 6.54 Å². The van der Waals surface area contributed by atoms with Crippen molar-refractivity contribution in [3.8, 4) is 0 Å². The van der Waals surface area contributed by atoms with E-state index in [9.17, 15) is 4.79 Å². The first-order valence-corrected chi connectivity index (χ1v) is 5.29. The van der Waals surface area contributed by atoms with Gasteiger partial charge in [0.25, 0.3) is 0 Å². The molecule has 0 aromatic carbocycles. The second-order valence-corrected chi connectivity index (χ2v) is 4.87. The molecule has 0 aromatic heterocycles. The van der Waals surface area contributed by atoms with E-state index in [1.807, 2.05) is 13.8 Å². The molecule has 1 fully saturated rings. The van der Waals surface area contributed by atoms with Gasteiger partial charge in [0.2, 0.25) is 0 Å². The van der Waals surface area contributed by atoms with Crippen LogP contribution in [0.1, 0.15) is 46.0 Å². The van der Waals surface area contributed by atoms with Gasteiger partial charge >= 0.3 is 0 Å². The number of hydrogen-bond acceptors (Lipinski definition) is 2. The fraction of sp³-hybridized carbons (Fsp3) is 0.909. The van der Waals surface area contributed by atoms with Crippen molar-refractivity contribution >= 4 is 5.78 Å². The summed E-state index contributed by atoms with van der Waals surface area (Å²) in [7, 11) is 0. The number of hydrogen-bond donors (Lipinski definition) is 1. The monoisotopic (exact) mass is 183 g/mol. The summed E-state index contributed by atoms with van der Waals surface area (Å²) in [5.41, 5.74) is 5.26. The van der Waals surface area contributed by atoms with Gasteiger partial charge in [-0.1, -0.05) is 39.5 Å². The molecule has 1 saturated carbocycles. The van der Waals surface area contributed by atoms with Gasteiger partial charge in [-0.2, -0.15) is 0 Å². The summed E-state index contributed by atoms with van der Waals surface area (Å²) in [6.45, 7) is 4.37. The highest BCUT2D eigenvalue weighted by atomic mass is 16.1. The zero-order chi connectivity index (χ0) is 9.90. The zero-order valence-electron chi connectivity index (χ0n) is 8.81. The summed E-state index contributed by atoms with van der Waals surface area (Å²) in [6, 6.07) is 0. The van der Waals surface area contributed by atoms with Crippen molar-refractivity contribution in [3.63, 3.8) is 0 Å².